The number of ether oxygens (including phenoxy) is 1. The van der Waals surface area contributed by atoms with E-state index in [-0.39, 0.29) is 6.04 Å². The molecular formula is C17H22N6O. The third-order valence-corrected chi connectivity index (χ3v) is 4.00. The van der Waals surface area contributed by atoms with Crippen LogP contribution in [0.1, 0.15) is 31.1 Å². The first-order valence-corrected chi connectivity index (χ1v) is 8.04. The van der Waals surface area contributed by atoms with E-state index in [1.165, 1.54) is 0 Å². The molecule has 3 aromatic rings. The fraction of sp³-hybridized carbons (Fsp3) is 0.353. The topological polar surface area (TPSA) is 116 Å². The minimum absolute atomic E-state index is 0.195. The quantitative estimate of drug-likeness (QED) is 0.573. The second-order valence-electron chi connectivity index (χ2n) is 5.65. The number of H-pyrrole nitrogens is 1. The van der Waals surface area contributed by atoms with Gasteiger partial charge in [0, 0.05) is 11.8 Å². The van der Waals surface area contributed by atoms with Crippen molar-refractivity contribution in [1.82, 2.24) is 20.2 Å². The number of benzene rings is 1. The summed E-state index contributed by atoms with van der Waals surface area (Å²) in [7, 11) is 1.64. The van der Waals surface area contributed by atoms with E-state index in [4.69, 9.17) is 16.2 Å². The maximum atomic E-state index is 6.17. The lowest BCUT2D eigenvalue weighted by molar-refractivity contribution is 0.416. The van der Waals surface area contributed by atoms with Crippen LogP contribution in [0, 0.1) is 0 Å². The lowest BCUT2D eigenvalue weighted by Crippen LogP contribution is -2.14. The molecule has 2 aromatic heterocycles. The Morgan fingerprint density at radius 1 is 1.25 bits per heavy atom. The zero-order valence-corrected chi connectivity index (χ0v) is 13.7. The lowest BCUT2D eigenvalue weighted by Gasteiger charge is -2.09. The Kier molecular flexibility index (Phi) is 5.02. The summed E-state index contributed by atoms with van der Waals surface area (Å²) in [6.45, 7) is 0.676. The van der Waals surface area contributed by atoms with Gasteiger partial charge in [-0.2, -0.15) is 5.10 Å². The Morgan fingerprint density at radius 2 is 2.08 bits per heavy atom. The van der Waals surface area contributed by atoms with E-state index in [1.54, 1.807) is 13.3 Å². The van der Waals surface area contributed by atoms with Gasteiger partial charge in [-0.25, -0.2) is 9.97 Å². The van der Waals surface area contributed by atoms with Crippen LogP contribution in [-0.2, 0) is 0 Å². The molecule has 0 saturated carbocycles. The van der Waals surface area contributed by atoms with Crippen molar-refractivity contribution < 1.29 is 4.74 Å². The number of nitrogens with zero attached hydrogens (tertiary/aromatic N) is 3. The highest BCUT2D eigenvalue weighted by Gasteiger charge is 2.16. The number of nitrogens with one attached hydrogen (secondary N) is 1. The van der Waals surface area contributed by atoms with Crippen LogP contribution in [-0.4, -0.2) is 33.8 Å². The molecule has 0 aliphatic carbocycles. The standard InChI is InChI=1S/C17H22N6O/c1-24-14-8-3-2-6-11(14)15-12-10-20-17(21-16(12)23-22-15)13(19)7-4-5-9-18/h2-3,6,8,10,13H,4-5,7,9,18-19H2,1H3,(H,20,21,22,23). The number of nitrogens with two attached hydrogens (primary N) is 2. The van der Waals surface area contributed by atoms with Crippen molar-refractivity contribution in [3.63, 3.8) is 0 Å². The van der Waals surface area contributed by atoms with Crippen molar-refractivity contribution in [3.8, 4) is 17.0 Å². The van der Waals surface area contributed by atoms with E-state index < -0.39 is 0 Å². The van der Waals surface area contributed by atoms with Gasteiger partial charge in [-0.05, 0) is 31.5 Å². The van der Waals surface area contributed by atoms with Crippen LogP contribution in [0.5, 0.6) is 5.75 Å². The maximum Gasteiger partial charge on any atom is 0.159 e. The molecule has 0 aliphatic rings. The van der Waals surface area contributed by atoms with Crippen LogP contribution in [0.25, 0.3) is 22.3 Å². The highest BCUT2D eigenvalue weighted by Crippen LogP contribution is 2.32. The molecule has 0 spiro atoms. The van der Waals surface area contributed by atoms with E-state index in [9.17, 15) is 0 Å². The molecule has 0 aliphatic heterocycles. The van der Waals surface area contributed by atoms with Gasteiger partial charge >= 0.3 is 0 Å². The van der Waals surface area contributed by atoms with E-state index in [0.717, 1.165) is 41.7 Å². The van der Waals surface area contributed by atoms with Crippen LogP contribution in [0.15, 0.2) is 30.5 Å². The van der Waals surface area contributed by atoms with Crippen LogP contribution < -0.4 is 16.2 Å². The predicted octanol–water partition coefficient (Wildman–Crippen LogP) is 2.16. The zero-order valence-electron chi connectivity index (χ0n) is 13.7. The molecule has 2 heterocycles. The molecule has 24 heavy (non-hydrogen) atoms. The Labute approximate surface area is 140 Å². The highest BCUT2D eigenvalue weighted by atomic mass is 16.5. The Hall–Kier alpha value is -2.51. The summed E-state index contributed by atoms with van der Waals surface area (Å²) in [5.74, 6) is 1.38. The van der Waals surface area contributed by atoms with Gasteiger partial charge in [0.1, 0.15) is 17.3 Å². The van der Waals surface area contributed by atoms with Crippen LogP contribution >= 0.6 is 0 Å². The third kappa shape index (κ3) is 3.22. The Balaban J connectivity index is 1.91. The van der Waals surface area contributed by atoms with E-state index in [2.05, 4.69) is 20.2 Å². The normalized spacial score (nSPS) is 12.5. The predicted molar refractivity (Wildman–Crippen MR) is 93.5 cm³/mol. The van der Waals surface area contributed by atoms with Crippen LogP contribution in [0.4, 0.5) is 0 Å². The minimum atomic E-state index is -0.195. The number of hydrogen-bond donors (Lipinski definition) is 3. The molecule has 7 heteroatoms. The molecule has 0 bridgehead atoms. The van der Waals surface area contributed by atoms with Gasteiger partial charge in [-0.3, -0.25) is 5.10 Å². The molecule has 0 amide bonds. The lowest BCUT2D eigenvalue weighted by atomic mass is 10.1. The summed E-state index contributed by atoms with van der Waals surface area (Å²) in [6, 6.07) is 7.53. The fourth-order valence-corrected chi connectivity index (χ4v) is 2.68. The van der Waals surface area contributed by atoms with Crippen molar-refractivity contribution in [2.75, 3.05) is 13.7 Å². The highest BCUT2D eigenvalue weighted by molar-refractivity contribution is 5.91. The maximum absolute atomic E-state index is 6.17. The molecule has 0 saturated heterocycles. The van der Waals surface area contributed by atoms with Gasteiger partial charge in [0.15, 0.2) is 5.65 Å². The Morgan fingerprint density at radius 3 is 2.88 bits per heavy atom. The average Bonchev–Trinajstić information content (AvgIpc) is 3.04. The number of methoxy groups -OCH3 is 1. The van der Waals surface area contributed by atoms with Crippen molar-refractivity contribution in [3.05, 3.63) is 36.3 Å². The summed E-state index contributed by atoms with van der Waals surface area (Å²) in [5, 5.41) is 8.20. The first kappa shape index (κ1) is 16.4. The smallest absolute Gasteiger partial charge is 0.159 e. The summed E-state index contributed by atoms with van der Waals surface area (Å²) in [6.07, 6.45) is 4.51. The number of para-hydroxylation sites is 1. The summed E-state index contributed by atoms with van der Waals surface area (Å²) >= 11 is 0. The van der Waals surface area contributed by atoms with Crippen LogP contribution in [0.3, 0.4) is 0 Å². The Bertz CT molecular complexity index is 816. The van der Waals surface area contributed by atoms with E-state index in [1.807, 2.05) is 24.3 Å². The number of rotatable bonds is 7. The second kappa shape index (κ2) is 7.37. The van der Waals surface area contributed by atoms with Crippen LogP contribution in [0.2, 0.25) is 0 Å². The van der Waals surface area contributed by atoms with Gasteiger partial charge < -0.3 is 16.2 Å². The van der Waals surface area contributed by atoms with Gasteiger partial charge in [0.05, 0.1) is 18.5 Å². The minimum Gasteiger partial charge on any atom is -0.496 e. The molecule has 0 radical (unpaired) electrons. The molecule has 1 aromatic carbocycles. The molecule has 3 rings (SSSR count). The third-order valence-electron chi connectivity index (χ3n) is 4.00. The van der Waals surface area contributed by atoms with Crippen molar-refractivity contribution in [2.24, 2.45) is 11.5 Å². The molecule has 5 N–H and O–H groups in total. The number of aromatic nitrogens is 4. The van der Waals surface area contributed by atoms with Gasteiger partial charge in [-0.1, -0.05) is 18.6 Å². The zero-order chi connectivity index (χ0) is 16.9. The number of fused-ring (bicyclic) bond motifs is 1. The van der Waals surface area contributed by atoms with Crippen molar-refractivity contribution in [2.45, 2.75) is 25.3 Å². The summed E-state index contributed by atoms with van der Waals surface area (Å²) < 4.78 is 5.41. The van der Waals surface area contributed by atoms with Crippen molar-refractivity contribution >= 4 is 11.0 Å². The number of aromatic amines is 1. The van der Waals surface area contributed by atoms with Gasteiger partial charge in [0.25, 0.3) is 0 Å². The average molecular weight is 326 g/mol. The molecule has 0 fully saturated rings. The van der Waals surface area contributed by atoms with E-state index >= 15 is 0 Å². The first-order valence-electron chi connectivity index (χ1n) is 8.04. The molecular weight excluding hydrogens is 304 g/mol. The van der Waals surface area contributed by atoms with Gasteiger partial charge in [0.2, 0.25) is 0 Å². The monoisotopic (exact) mass is 326 g/mol. The SMILES string of the molecule is COc1ccccc1-c1n[nH]c2nc(C(N)CCCCN)ncc12. The summed E-state index contributed by atoms with van der Waals surface area (Å²) in [5.41, 5.74) is 14.0. The number of unbranched alkanes of at least 4 members (excludes halogenated alkanes) is 1. The first-order chi connectivity index (χ1) is 11.7. The molecule has 7 nitrogen and oxygen atoms in total. The summed E-state index contributed by atoms with van der Waals surface area (Å²) in [4.78, 5) is 8.96. The van der Waals surface area contributed by atoms with Crippen molar-refractivity contribution in [1.29, 1.82) is 0 Å². The van der Waals surface area contributed by atoms with Gasteiger partial charge in [-0.15, -0.1) is 0 Å². The second-order valence-corrected chi connectivity index (χ2v) is 5.65. The van der Waals surface area contributed by atoms with E-state index in [0.29, 0.717) is 18.0 Å². The largest absolute Gasteiger partial charge is 0.496 e. The number of hydrogen-bond acceptors (Lipinski definition) is 6. The molecule has 126 valence electrons. The fourth-order valence-electron chi connectivity index (χ4n) is 2.68. The molecule has 1 atom stereocenters. The molecule has 1 unspecified atom stereocenters.